The Labute approximate surface area is 94.0 Å². The molecule has 0 aliphatic carbocycles. The SMILES string of the molecule is COC(=O)n1nc(N2CCCCC2)cc1N. The van der Waals surface area contributed by atoms with Crippen molar-refractivity contribution in [1.82, 2.24) is 9.78 Å². The van der Waals surface area contributed by atoms with E-state index in [2.05, 4.69) is 14.7 Å². The summed E-state index contributed by atoms with van der Waals surface area (Å²) in [6.45, 7) is 1.94. The van der Waals surface area contributed by atoms with Gasteiger partial charge in [0.25, 0.3) is 0 Å². The first kappa shape index (κ1) is 10.8. The summed E-state index contributed by atoms with van der Waals surface area (Å²) in [5.41, 5.74) is 5.70. The van der Waals surface area contributed by atoms with Crippen LogP contribution in [0.25, 0.3) is 0 Å². The summed E-state index contributed by atoms with van der Waals surface area (Å²) in [5.74, 6) is 1.06. The Morgan fingerprint density at radius 3 is 2.75 bits per heavy atom. The topological polar surface area (TPSA) is 73.4 Å². The Morgan fingerprint density at radius 1 is 1.44 bits per heavy atom. The van der Waals surface area contributed by atoms with Gasteiger partial charge in [0.1, 0.15) is 5.82 Å². The number of ether oxygens (including phenoxy) is 1. The van der Waals surface area contributed by atoms with Crippen LogP contribution in [0.4, 0.5) is 16.4 Å². The molecule has 16 heavy (non-hydrogen) atoms. The summed E-state index contributed by atoms with van der Waals surface area (Å²) in [6.07, 6.45) is 3.01. The van der Waals surface area contributed by atoms with Crippen molar-refractivity contribution in [2.24, 2.45) is 0 Å². The predicted molar refractivity (Wildman–Crippen MR) is 60.5 cm³/mol. The Bertz CT molecular complexity index is 382. The molecule has 2 heterocycles. The minimum Gasteiger partial charge on any atom is -0.451 e. The van der Waals surface area contributed by atoms with E-state index in [0.29, 0.717) is 5.82 Å². The van der Waals surface area contributed by atoms with Crippen LogP contribution in [0.5, 0.6) is 0 Å². The highest BCUT2D eigenvalue weighted by Gasteiger charge is 2.18. The summed E-state index contributed by atoms with van der Waals surface area (Å²) in [4.78, 5) is 13.4. The molecule has 0 spiro atoms. The summed E-state index contributed by atoms with van der Waals surface area (Å²) in [5, 5.41) is 4.15. The van der Waals surface area contributed by atoms with Crippen molar-refractivity contribution in [3.63, 3.8) is 0 Å². The maximum absolute atomic E-state index is 11.3. The number of aromatic nitrogens is 2. The van der Waals surface area contributed by atoms with E-state index < -0.39 is 6.09 Å². The van der Waals surface area contributed by atoms with Crippen molar-refractivity contribution < 1.29 is 9.53 Å². The van der Waals surface area contributed by atoms with Gasteiger partial charge in [0.15, 0.2) is 5.82 Å². The lowest BCUT2D eigenvalue weighted by molar-refractivity contribution is 0.170. The molecule has 0 radical (unpaired) electrons. The fourth-order valence-electron chi connectivity index (χ4n) is 1.89. The summed E-state index contributed by atoms with van der Waals surface area (Å²) in [7, 11) is 1.31. The molecule has 0 saturated carbocycles. The van der Waals surface area contributed by atoms with Gasteiger partial charge in [-0.05, 0) is 19.3 Å². The molecule has 0 aromatic carbocycles. The Morgan fingerprint density at radius 2 is 2.12 bits per heavy atom. The number of piperidine rings is 1. The monoisotopic (exact) mass is 224 g/mol. The molecule has 1 saturated heterocycles. The van der Waals surface area contributed by atoms with E-state index in [9.17, 15) is 4.79 Å². The highest BCUT2D eigenvalue weighted by Crippen LogP contribution is 2.20. The van der Waals surface area contributed by atoms with Gasteiger partial charge in [0.05, 0.1) is 7.11 Å². The predicted octanol–water partition coefficient (Wildman–Crippen LogP) is 1.07. The zero-order valence-electron chi connectivity index (χ0n) is 9.35. The third kappa shape index (κ3) is 1.95. The average molecular weight is 224 g/mol. The zero-order valence-corrected chi connectivity index (χ0v) is 9.35. The second-order valence-electron chi connectivity index (χ2n) is 3.86. The van der Waals surface area contributed by atoms with Gasteiger partial charge in [-0.15, -0.1) is 9.78 Å². The van der Waals surface area contributed by atoms with Gasteiger partial charge < -0.3 is 15.4 Å². The largest absolute Gasteiger partial charge is 0.451 e. The molecule has 2 rings (SSSR count). The van der Waals surface area contributed by atoms with Gasteiger partial charge in [-0.2, -0.15) is 0 Å². The number of nitrogens with zero attached hydrogens (tertiary/aromatic N) is 3. The van der Waals surface area contributed by atoms with Gasteiger partial charge >= 0.3 is 6.09 Å². The first-order chi connectivity index (χ1) is 7.72. The standard InChI is InChI=1S/C10H16N4O2/c1-16-10(15)14-8(11)7-9(12-14)13-5-3-2-4-6-13/h7H,2-6,11H2,1H3. The van der Waals surface area contributed by atoms with Crippen molar-refractivity contribution >= 4 is 17.7 Å². The van der Waals surface area contributed by atoms with Crippen molar-refractivity contribution in [2.75, 3.05) is 30.8 Å². The van der Waals surface area contributed by atoms with Gasteiger partial charge in [-0.25, -0.2) is 4.79 Å². The van der Waals surface area contributed by atoms with E-state index in [-0.39, 0.29) is 0 Å². The fourth-order valence-corrected chi connectivity index (χ4v) is 1.89. The van der Waals surface area contributed by atoms with Crippen LogP contribution in [0.2, 0.25) is 0 Å². The first-order valence-electron chi connectivity index (χ1n) is 5.41. The van der Waals surface area contributed by atoms with Crippen molar-refractivity contribution in [1.29, 1.82) is 0 Å². The van der Waals surface area contributed by atoms with E-state index in [0.717, 1.165) is 36.4 Å². The van der Waals surface area contributed by atoms with E-state index in [1.807, 2.05) is 0 Å². The van der Waals surface area contributed by atoms with Crippen LogP contribution >= 0.6 is 0 Å². The smallest absolute Gasteiger partial charge is 0.436 e. The molecule has 6 nitrogen and oxygen atoms in total. The van der Waals surface area contributed by atoms with Gasteiger partial charge in [-0.3, -0.25) is 0 Å². The molecule has 88 valence electrons. The van der Waals surface area contributed by atoms with Gasteiger partial charge in [0, 0.05) is 19.2 Å². The molecule has 1 fully saturated rings. The molecule has 0 unspecified atom stereocenters. The fraction of sp³-hybridized carbons (Fsp3) is 0.600. The third-order valence-corrected chi connectivity index (χ3v) is 2.75. The quantitative estimate of drug-likeness (QED) is 0.772. The number of nitrogen functional groups attached to an aromatic ring is 1. The van der Waals surface area contributed by atoms with E-state index in [4.69, 9.17) is 5.73 Å². The molecule has 1 aromatic heterocycles. The van der Waals surface area contributed by atoms with E-state index in [1.165, 1.54) is 13.5 Å². The Balaban J connectivity index is 2.19. The lowest BCUT2D eigenvalue weighted by atomic mass is 10.1. The van der Waals surface area contributed by atoms with Gasteiger partial charge in [0.2, 0.25) is 0 Å². The molecule has 2 N–H and O–H groups in total. The molecule has 1 aliphatic heterocycles. The lowest BCUT2D eigenvalue weighted by Crippen LogP contribution is -2.30. The number of hydrogen-bond donors (Lipinski definition) is 1. The molecule has 1 aliphatic rings. The molecule has 6 heteroatoms. The number of carbonyl (C=O) groups is 1. The number of methoxy groups -OCH3 is 1. The molecular formula is C10H16N4O2. The first-order valence-corrected chi connectivity index (χ1v) is 5.41. The molecule has 1 aromatic rings. The Hall–Kier alpha value is -1.72. The minimum absolute atomic E-state index is 0.312. The highest BCUT2D eigenvalue weighted by molar-refractivity contribution is 5.74. The normalized spacial score (nSPS) is 16.2. The van der Waals surface area contributed by atoms with Crippen LogP contribution in [0, 0.1) is 0 Å². The number of nitrogens with two attached hydrogens (primary N) is 1. The second kappa shape index (κ2) is 4.42. The maximum atomic E-state index is 11.3. The second-order valence-corrected chi connectivity index (χ2v) is 3.86. The van der Waals surface area contributed by atoms with Crippen LogP contribution < -0.4 is 10.6 Å². The molecular weight excluding hydrogens is 208 g/mol. The lowest BCUT2D eigenvalue weighted by Gasteiger charge is -2.26. The number of anilines is 2. The maximum Gasteiger partial charge on any atom is 0.436 e. The molecule has 0 bridgehead atoms. The average Bonchev–Trinajstić information content (AvgIpc) is 2.71. The Kier molecular flexibility index (Phi) is 2.98. The number of carbonyl (C=O) groups excluding carboxylic acids is 1. The van der Waals surface area contributed by atoms with E-state index in [1.54, 1.807) is 6.07 Å². The number of hydrogen-bond acceptors (Lipinski definition) is 5. The molecule has 0 amide bonds. The van der Waals surface area contributed by atoms with Crippen molar-refractivity contribution in [3.05, 3.63) is 6.07 Å². The number of rotatable bonds is 1. The zero-order chi connectivity index (χ0) is 11.5. The van der Waals surface area contributed by atoms with Crippen LogP contribution in [0.15, 0.2) is 6.07 Å². The van der Waals surface area contributed by atoms with Crippen LogP contribution in [-0.2, 0) is 4.74 Å². The third-order valence-electron chi connectivity index (χ3n) is 2.75. The summed E-state index contributed by atoms with van der Waals surface area (Å²) in [6, 6.07) is 1.71. The molecule has 0 atom stereocenters. The summed E-state index contributed by atoms with van der Waals surface area (Å²) < 4.78 is 5.67. The highest BCUT2D eigenvalue weighted by atomic mass is 16.5. The van der Waals surface area contributed by atoms with Crippen molar-refractivity contribution in [2.45, 2.75) is 19.3 Å². The van der Waals surface area contributed by atoms with E-state index >= 15 is 0 Å². The van der Waals surface area contributed by atoms with Crippen LogP contribution in [0.3, 0.4) is 0 Å². The van der Waals surface area contributed by atoms with Crippen LogP contribution in [-0.4, -0.2) is 36.1 Å². The van der Waals surface area contributed by atoms with Gasteiger partial charge in [-0.1, -0.05) is 0 Å². The van der Waals surface area contributed by atoms with Crippen molar-refractivity contribution in [3.8, 4) is 0 Å². The van der Waals surface area contributed by atoms with Crippen LogP contribution in [0.1, 0.15) is 19.3 Å². The summed E-state index contributed by atoms with van der Waals surface area (Å²) >= 11 is 0. The minimum atomic E-state index is -0.555.